The van der Waals surface area contributed by atoms with E-state index in [4.69, 9.17) is 9.47 Å². The van der Waals surface area contributed by atoms with Crippen LogP contribution in [0.4, 0.5) is 0 Å². The summed E-state index contributed by atoms with van der Waals surface area (Å²) in [4.78, 5) is 4.43. The van der Waals surface area contributed by atoms with Crippen LogP contribution >= 0.6 is 0 Å². The third-order valence-electron chi connectivity index (χ3n) is 4.54. The third kappa shape index (κ3) is 4.89. The average molecular weight is 380 g/mol. The van der Waals surface area contributed by atoms with Gasteiger partial charge in [-0.1, -0.05) is 25.1 Å². The van der Waals surface area contributed by atoms with Crippen molar-refractivity contribution in [2.45, 2.75) is 39.8 Å². The highest BCUT2D eigenvalue weighted by molar-refractivity contribution is 5.42. The van der Waals surface area contributed by atoms with Gasteiger partial charge in [-0.25, -0.2) is 4.98 Å². The molecule has 0 aliphatic carbocycles. The van der Waals surface area contributed by atoms with Crippen molar-refractivity contribution >= 4 is 0 Å². The Labute approximate surface area is 166 Å². The molecule has 1 atom stereocenters. The average Bonchev–Trinajstić information content (AvgIpc) is 3.05. The Morgan fingerprint density at radius 1 is 1.14 bits per heavy atom. The lowest BCUT2D eigenvalue weighted by atomic mass is 10.2. The number of hydrogen-bond donors (Lipinski definition) is 1. The predicted octanol–water partition coefficient (Wildman–Crippen LogP) is 4.56. The normalized spacial score (nSPS) is 12.0. The van der Waals surface area contributed by atoms with Gasteiger partial charge >= 0.3 is 0 Å². The minimum atomic E-state index is 0.119. The Bertz CT molecular complexity index is 888. The summed E-state index contributed by atoms with van der Waals surface area (Å²) in [6, 6.07) is 13.8. The van der Waals surface area contributed by atoms with Gasteiger partial charge in [-0.15, -0.1) is 0 Å². The van der Waals surface area contributed by atoms with Crippen LogP contribution in [-0.4, -0.2) is 21.4 Å². The van der Waals surface area contributed by atoms with Crippen molar-refractivity contribution in [2.24, 2.45) is 7.05 Å². The number of nitrogens with zero attached hydrogens (tertiary/aromatic N) is 3. The van der Waals surface area contributed by atoms with Gasteiger partial charge in [0.05, 0.1) is 12.3 Å². The maximum Gasteiger partial charge on any atom is 0.223 e. The maximum atomic E-state index is 6.10. The molecule has 0 amide bonds. The second-order valence-electron chi connectivity index (χ2n) is 6.80. The number of para-hydroxylation sites is 2. The van der Waals surface area contributed by atoms with E-state index in [1.54, 1.807) is 6.20 Å². The highest BCUT2D eigenvalue weighted by Crippen LogP contribution is 2.32. The molecular formula is C22H28N4O2. The molecule has 0 saturated heterocycles. The summed E-state index contributed by atoms with van der Waals surface area (Å²) in [6.45, 7) is 7.51. The zero-order valence-corrected chi connectivity index (χ0v) is 17.0. The summed E-state index contributed by atoms with van der Waals surface area (Å²) in [7, 11) is 1.96. The van der Waals surface area contributed by atoms with Crippen LogP contribution in [0.25, 0.3) is 0 Å². The van der Waals surface area contributed by atoms with Gasteiger partial charge in [0, 0.05) is 37.1 Å². The van der Waals surface area contributed by atoms with Crippen LogP contribution < -0.4 is 14.8 Å². The van der Waals surface area contributed by atoms with Gasteiger partial charge in [-0.3, -0.25) is 4.68 Å². The van der Waals surface area contributed by atoms with E-state index in [1.165, 1.54) is 0 Å². The highest BCUT2D eigenvalue weighted by atomic mass is 16.5. The van der Waals surface area contributed by atoms with Gasteiger partial charge in [-0.05, 0) is 44.5 Å². The molecule has 6 heteroatoms. The van der Waals surface area contributed by atoms with E-state index >= 15 is 0 Å². The van der Waals surface area contributed by atoms with Crippen molar-refractivity contribution in [3.63, 3.8) is 0 Å². The fraction of sp³-hybridized carbons (Fsp3) is 0.364. The van der Waals surface area contributed by atoms with Crippen molar-refractivity contribution in [3.8, 4) is 17.4 Å². The minimum absolute atomic E-state index is 0.119. The smallest absolute Gasteiger partial charge is 0.223 e. The van der Waals surface area contributed by atoms with E-state index in [0.717, 1.165) is 29.1 Å². The highest BCUT2D eigenvalue weighted by Gasteiger charge is 2.13. The minimum Gasteiger partial charge on any atom is -0.490 e. The van der Waals surface area contributed by atoms with E-state index in [-0.39, 0.29) is 6.04 Å². The maximum absolute atomic E-state index is 6.10. The summed E-state index contributed by atoms with van der Waals surface area (Å²) < 4.78 is 13.8. The van der Waals surface area contributed by atoms with Crippen LogP contribution in [0.3, 0.4) is 0 Å². The molecule has 1 N–H and O–H groups in total. The molecule has 2 aromatic heterocycles. The molecule has 28 heavy (non-hydrogen) atoms. The molecule has 0 aliphatic rings. The number of ether oxygens (including phenoxy) is 2. The second-order valence-corrected chi connectivity index (χ2v) is 6.80. The van der Waals surface area contributed by atoms with E-state index < -0.39 is 0 Å². The molecule has 0 saturated carbocycles. The first-order valence-electron chi connectivity index (χ1n) is 9.66. The van der Waals surface area contributed by atoms with Crippen molar-refractivity contribution < 1.29 is 9.47 Å². The van der Waals surface area contributed by atoms with Crippen molar-refractivity contribution in [1.82, 2.24) is 20.1 Å². The van der Waals surface area contributed by atoms with E-state index in [9.17, 15) is 0 Å². The van der Waals surface area contributed by atoms with Crippen molar-refractivity contribution in [1.29, 1.82) is 0 Å². The summed E-state index contributed by atoms with van der Waals surface area (Å²) in [5, 5.41) is 8.05. The molecule has 1 unspecified atom stereocenters. The topological polar surface area (TPSA) is 61.2 Å². The molecule has 1 aromatic carbocycles. The molecule has 0 fully saturated rings. The molecule has 0 radical (unpaired) electrons. The first-order valence-corrected chi connectivity index (χ1v) is 9.66. The number of nitrogens with one attached hydrogen (secondary N) is 1. The first-order chi connectivity index (χ1) is 13.6. The van der Waals surface area contributed by atoms with Crippen molar-refractivity contribution in [2.75, 3.05) is 6.61 Å². The second kappa shape index (κ2) is 9.37. The molecule has 6 nitrogen and oxygen atoms in total. The SMILES string of the molecule is CCCOc1ccccc1Oc1ncccc1CNC(C)c1cc(C)n(C)n1. The van der Waals surface area contributed by atoms with Crippen LogP contribution in [0, 0.1) is 6.92 Å². The number of pyridine rings is 1. The van der Waals surface area contributed by atoms with E-state index in [1.807, 2.05) is 55.1 Å². The number of rotatable bonds is 9. The van der Waals surface area contributed by atoms with Gasteiger partial charge in [0.15, 0.2) is 11.5 Å². The van der Waals surface area contributed by atoms with Gasteiger partial charge in [0.25, 0.3) is 0 Å². The molecule has 3 rings (SSSR count). The molecular weight excluding hydrogens is 352 g/mol. The number of hydrogen-bond acceptors (Lipinski definition) is 5. The zero-order valence-electron chi connectivity index (χ0n) is 17.0. The van der Waals surface area contributed by atoms with E-state index in [0.29, 0.717) is 24.8 Å². The van der Waals surface area contributed by atoms with Gasteiger partial charge in [0.1, 0.15) is 0 Å². The zero-order chi connectivity index (χ0) is 19.9. The van der Waals surface area contributed by atoms with Crippen molar-refractivity contribution in [3.05, 3.63) is 65.6 Å². The monoisotopic (exact) mass is 380 g/mol. The largest absolute Gasteiger partial charge is 0.490 e. The Kier molecular flexibility index (Phi) is 6.66. The lowest BCUT2D eigenvalue weighted by Gasteiger charge is -2.15. The lowest BCUT2D eigenvalue weighted by molar-refractivity contribution is 0.300. The fourth-order valence-electron chi connectivity index (χ4n) is 2.79. The number of aromatic nitrogens is 3. The summed E-state index contributed by atoms with van der Waals surface area (Å²) in [6.07, 6.45) is 2.68. The van der Waals surface area contributed by atoms with E-state index in [2.05, 4.69) is 35.3 Å². The van der Waals surface area contributed by atoms with Crippen LogP contribution in [0.2, 0.25) is 0 Å². The molecule has 2 heterocycles. The van der Waals surface area contributed by atoms with Crippen LogP contribution in [0.1, 0.15) is 43.3 Å². The van der Waals surface area contributed by atoms with Gasteiger partial charge < -0.3 is 14.8 Å². The number of benzene rings is 1. The van der Waals surface area contributed by atoms with Gasteiger partial charge in [-0.2, -0.15) is 5.10 Å². The summed E-state index contributed by atoms with van der Waals surface area (Å²) >= 11 is 0. The Hall–Kier alpha value is -2.86. The Morgan fingerprint density at radius 2 is 1.93 bits per heavy atom. The van der Waals surface area contributed by atoms with Crippen LogP contribution in [0.5, 0.6) is 17.4 Å². The molecule has 0 aliphatic heterocycles. The number of aryl methyl sites for hydroxylation is 2. The molecule has 0 spiro atoms. The molecule has 3 aromatic rings. The van der Waals surface area contributed by atoms with Crippen LogP contribution in [0.15, 0.2) is 48.7 Å². The summed E-state index contributed by atoms with van der Waals surface area (Å²) in [5.74, 6) is 1.97. The Balaban J connectivity index is 1.71. The molecule has 0 bridgehead atoms. The fourth-order valence-corrected chi connectivity index (χ4v) is 2.79. The lowest BCUT2D eigenvalue weighted by Crippen LogP contribution is -2.19. The predicted molar refractivity (Wildman–Crippen MR) is 110 cm³/mol. The molecule has 148 valence electrons. The third-order valence-corrected chi connectivity index (χ3v) is 4.54. The summed E-state index contributed by atoms with van der Waals surface area (Å²) in [5.41, 5.74) is 3.13. The van der Waals surface area contributed by atoms with Crippen LogP contribution in [-0.2, 0) is 13.6 Å². The first kappa shape index (κ1) is 19.9. The Morgan fingerprint density at radius 3 is 2.64 bits per heavy atom. The van der Waals surface area contributed by atoms with Gasteiger partial charge in [0.2, 0.25) is 5.88 Å². The quantitative estimate of drug-likeness (QED) is 0.590. The standard InChI is InChI=1S/C22H28N4O2/c1-5-13-27-20-10-6-7-11-21(20)28-22-18(9-8-12-23-22)15-24-17(3)19-14-16(2)26(4)25-19/h6-12,14,17,24H,5,13,15H2,1-4H3.